The van der Waals surface area contributed by atoms with Gasteiger partial charge in [-0.3, -0.25) is 9.59 Å². The van der Waals surface area contributed by atoms with E-state index in [-0.39, 0.29) is 36.2 Å². The minimum absolute atomic E-state index is 0. The average molecular weight is 402 g/mol. The number of piperazine rings is 1. The van der Waals surface area contributed by atoms with Crippen LogP contribution in [0.2, 0.25) is 0 Å². The van der Waals surface area contributed by atoms with Gasteiger partial charge in [-0.2, -0.15) is 0 Å². The van der Waals surface area contributed by atoms with E-state index >= 15 is 0 Å². The van der Waals surface area contributed by atoms with Crippen LogP contribution in [0.5, 0.6) is 0 Å². The maximum Gasteiger partial charge on any atom is 0.253 e. The average Bonchev–Trinajstić information content (AvgIpc) is 2.73. The Bertz CT molecular complexity index is 787. The molecule has 1 fully saturated rings. The zero-order valence-electron chi connectivity index (χ0n) is 16.4. The third kappa shape index (κ3) is 4.91. The van der Waals surface area contributed by atoms with Gasteiger partial charge in [-0.15, -0.1) is 12.4 Å². The standard InChI is InChI=1S/C22H27N3O2.ClH/c1-16-8-10-19(11-9-16)22(27)25-14-12-24(13-15-25)21(26)17(2)20(23)18-6-4-3-5-7-18;/h3-11,17,20H,12-15,23H2,1-2H3;1H. The van der Waals surface area contributed by atoms with E-state index < -0.39 is 0 Å². The molecule has 2 aromatic carbocycles. The Kier molecular flexibility index (Phi) is 7.61. The lowest BCUT2D eigenvalue weighted by Gasteiger charge is -2.37. The van der Waals surface area contributed by atoms with E-state index in [1.165, 1.54) is 0 Å². The van der Waals surface area contributed by atoms with Crippen molar-refractivity contribution < 1.29 is 9.59 Å². The van der Waals surface area contributed by atoms with Crippen molar-refractivity contribution in [3.8, 4) is 0 Å². The van der Waals surface area contributed by atoms with Gasteiger partial charge in [0.2, 0.25) is 5.91 Å². The van der Waals surface area contributed by atoms with Gasteiger partial charge < -0.3 is 15.5 Å². The lowest BCUT2D eigenvalue weighted by atomic mass is 9.94. The summed E-state index contributed by atoms with van der Waals surface area (Å²) in [5, 5.41) is 0. The molecule has 0 aliphatic carbocycles. The highest BCUT2D eigenvalue weighted by atomic mass is 35.5. The number of hydrogen-bond acceptors (Lipinski definition) is 3. The fraction of sp³-hybridized carbons (Fsp3) is 0.364. The van der Waals surface area contributed by atoms with Crippen LogP contribution in [0.3, 0.4) is 0 Å². The molecule has 2 aromatic rings. The van der Waals surface area contributed by atoms with Crippen LogP contribution < -0.4 is 5.73 Å². The number of nitrogens with two attached hydrogens (primary N) is 1. The molecule has 2 amide bonds. The minimum Gasteiger partial charge on any atom is -0.339 e. The monoisotopic (exact) mass is 401 g/mol. The zero-order valence-corrected chi connectivity index (χ0v) is 17.2. The summed E-state index contributed by atoms with van der Waals surface area (Å²) >= 11 is 0. The Morgan fingerprint density at radius 1 is 0.893 bits per heavy atom. The van der Waals surface area contributed by atoms with Crippen LogP contribution in [-0.4, -0.2) is 47.8 Å². The van der Waals surface area contributed by atoms with E-state index in [0.717, 1.165) is 11.1 Å². The normalized spacial score (nSPS) is 16.1. The van der Waals surface area contributed by atoms with Crippen molar-refractivity contribution in [2.75, 3.05) is 26.2 Å². The van der Waals surface area contributed by atoms with E-state index in [1.807, 2.05) is 78.2 Å². The number of benzene rings is 2. The molecule has 1 saturated heterocycles. The minimum atomic E-state index is -0.328. The lowest BCUT2D eigenvalue weighted by molar-refractivity contribution is -0.137. The Morgan fingerprint density at radius 2 is 1.43 bits per heavy atom. The number of carbonyl (C=O) groups excluding carboxylic acids is 2. The number of amides is 2. The maximum atomic E-state index is 12.8. The Labute approximate surface area is 172 Å². The summed E-state index contributed by atoms with van der Waals surface area (Å²) < 4.78 is 0. The topological polar surface area (TPSA) is 66.6 Å². The summed E-state index contributed by atoms with van der Waals surface area (Å²) in [6.07, 6.45) is 0. The third-order valence-corrected chi connectivity index (χ3v) is 5.29. The Hall–Kier alpha value is -2.37. The molecule has 2 unspecified atom stereocenters. The van der Waals surface area contributed by atoms with Crippen LogP contribution in [-0.2, 0) is 4.79 Å². The van der Waals surface area contributed by atoms with Gasteiger partial charge in [0.15, 0.2) is 0 Å². The van der Waals surface area contributed by atoms with E-state index in [2.05, 4.69) is 0 Å². The van der Waals surface area contributed by atoms with Crippen molar-refractivity contribution >= 4 is 24.2 Å². The first-order valence-corrected chi connectivity index (χ1v) is 9.42. The van der Waals surface area contributed by atoms with Crippen LogP contribution in [0, 0.1) is 12.8 Å². The molecule has 3 rings (SSSR count). The second-order valence-corrected chi connectivity index (χ2v) is 7.21. The van der Waals surface area contributed by atoms with E-state index in [9.17, 15) is 9.59 Å². The van der Waals surface area contributed by atoms with E-state index in [1.54, 1.807) is 0 Å². The van der Waals surface area contributed by atoms with Crippen molar-refractivity contribution in [2.24, 2.45) is 11.7 Å². The van der Waals surface area contributed by atoms with Gasteiger partial charge in [0, 0.05) is 37.8 Å². The molecule has 0 aromatic heterocycles. The molecule has 5 nitrogen and oxygen atoms in total. The molecule has 28 heavy (non-hydrogen) atoms. The molecule has 1 aliphatic rings. The van der Waals surface area contributed by atoms with Crippen LogP contribution in [0.15, 0.2) is 54.6 Å². The number of carbonyl (C=O) groups is 2. The number of nitrogens with zero attached hydrogens (tertiary/aromatic N) is 2. The largest absolute Gasteiger partial charge is 0.339 e. The van der Waals surface area contributed by atoms with E-state index in [4.69, 9.17) is 5.73 Å². The molecule has 1 aliphatic heterocycles. The highest BCUT2D eigenvalue weighted by Gasteiger charge is 2.30. The first-order chi connectivity index (χ1) is 13.0. The number of rotatable bonds is 4. The van der Waals surface area contributed by atoms with Crippen molar-refractivity contribution in [2.45, 2.75) is 19.9 Å². The molecule has 0 radical (unpaired) electrons. The lowest BCUT2D eigenvalue weighted by Crippen LogP contribution is -2.52. The van der Waals surface area contributed by atoms with Crippen LogP contribution in [0.1, 0.15) is 34.5 Å². The van der Waals surface area contributed by atoms with Crippen LogP contribution in [0.25, 0.3) is 0 Å². The quantitative estimate of drug-likeness (QED) is 0.856. The van der Waals surface area contributed by atoms with Gasteiger partial charge in [0.05, 0.1) is 5.92 Å². The van der Waals surface area contributed by atoms with Gasteiger partial charge in [0.1, 0.15) is 0 Å². The zero-order chi connectivity index (χ0) is 19.4. The van der Waals surface area contributed by atoms with Crippen molar-refractivity contribution in [3.05, 3.63) is 71.3 Å². The molecule has 6 heteroatoms. The van der Waals surface area contributed by atoms with Gasteiger partial charge in [0.25, 0.3) is 5.91 Å². The van der Waals surface area contributed by atoms with Gasteiger partial charge in [-0.25, -0.2) is 0 Å². The Morgan fingerprint density at radius 3 is 2.00 bits per heavy atom. The van der Waals surface area contributed by atoms with E-state index in [0.29, 0.717) is 31.7 Å². The SMILES string of the molecule is Cc1ccc(C(=O)N2CCN(C(=O)C(C)C(N)c3ccccc3)CC2)cc1.Cl. The first kappa shape index (κ1) is 21.9. The molecule has 1 heterocycles. The van der Waals surface area contributed by atoms with Crippen molar-refractivity contribution in [1.29, 1.82) is 0 Å². The molecule has 0 bridgehead atoms. The predicted molar refractivity (Wildman–Crippen MR) is 113 cm³/mol. The van der Waals surface area contributed by atoms with Gasteiger partial charge in [-0.1, -0.05) is 55.0 Å². The van der Waals surface area contributed by atoms with Crippen LogP contribution >= 0.6 is 12.4 Å². The highest BCUT2D eigenvalue weighted by molar-refractivity contribution is 5.94. The summed E-state index contributed by atoms with van der Waals surface area (Å²) in [4.78, 5) is 29.1. The number of hydrogen-bond donors (Lipinski definition) is 1. The molecular weight excluding hydrogens is 374 g/mol. The summed E-state index contributed by atoms with van der Waals surface area (Å²) in [6, 6.07) is 17.0. The molecule has 2 atom stereocenters. The molecule has 150 valence electrons. The third-order valence-electron chi connectivity index (χ3n) is 5.29. The first-order valence-electron chi connectivity index (χ1n) is 9.42. The molecule has 0 saturated carbocycles. The summed E-state index contributed by atoms with van der Waals surface area (Å²) in [6.45, 7) is 6.06. The summed E-state index contributed by atoms with van der Waals surface area (Å²) in [5.74, 6) is -0.225. The number of halogens is 1. The van der Waals surface area contributed by atoms with Crippen molar-refractivity contribution in [3.63, 3.8) is 0 Å². The number of aryl methyl sites for hydroxylation is 1. The Balaban J connectivity index is 0.00000280. The highest BCUT2D eigenvalue weighted by Crippen LogP contribution is 2.22. The maximum absolute atomic E-state index is 12.8. The van der Waals surface area contributed by atoms with Gasteiger partial charge >= 0.3 is 0 Å². The van der Waals surface area contributed by atoms with Crippen LogP contribution in [0.4, 0.5) is 0 Å². The molecule has 0 spiro atoms. The summed E-state index contributed by atoms with van der Waals surface area (Å²) in [5.41, 5.74) is 9.09. The molecular formula is C22H28ClN3O2. The predicted octanol–water partition coefficient (Wildman–Crippen LogP) is 3.04. The van der Waals surface area contributed by atoms with Gasteiger partial charge in [-0.05, 0) is 24.6 Å². The fourth-order valence-electron chi connectivity index (χ4n) is 3.41. The second-order valence-electron chi connectivity index (χ2n) is 7.21. The molecule has 2 N–H and O–H groups in total. The van der Waals surface area contributed by atoms with Crippen molar-refractivity contribution in [1.82, 2.24) is 9.80 Å². The fourth-order valence-corrected chi connectivity index (χ4v) is 3.41. The smallest absolute Gasteiger partial charge is 0.253 e. The summed E-state index contributed by atoms with van der Waals surface area (Å²) in [7, 11) is 0. The second kappa shape index (κ2) is 9.71.